The highest BCUT2D eigenvalue weighted by Gasteiger charge is 2.42. The van der Waals surface area contributed by atoms with E-state index in [2.05, 4.69) is 6.08 Å². The number of carbonyl (C=O) groups excluding carboxylic acids is 1. The van der Waals surface area contributed by atoms with Gasteiger partial charge in [0.15, 0.2) is 0 Å². The molecule has 4 heteroatoms. The summed E-state index contributed by atoms with van der Waals surface area (Å²) in [6.45, 7) is 1.24. The molecule has 2 aliphatic rings. The first-order valence-corrected chi connectivity index (χ1v) is 4.57. The molecule has 1 fully saturated rings. The van der Waals surface area contributed by atoms with E-state index >= 15 is 0 Å². The van der Waals surface area contributed by atoms with Crippen LogP contribution in [0.1, 0.15) is 13.3 Å². The fourth-order valence-corrected chi connectivity index (χ4v) is 2.00. The van der Waals surface area contributed by atoms with Crippen molar-refractivity contribution >= 4 is 11.8 Å². The van der Waals surface area contributed by atoms with Gasteiger partial charge in [0.1, 0.15) is 5.78 Å². The number of Topliss-reactive ketones (excluding diaryl/α,β-unsaturated/α-hetero) is 1. The number of carboxylic acids is 1. The molecule has 0 heterocycles. The largest absolute Gasteiger partial charge is 0.481 e. The highest BCUT2D eigenvalue weighted by atomic mass is 16.4. The van der Waals surface area contributed by atoms with Crippen molar-refractivity contribution < 1.29 is 19.8 Å². The van der Waals surface area contributed by atoms with E-state index in [1.54, 1.807) is 0 Å². The van der Waals surface area contributed by atoms with Gasteiger partial charge in [0.25, 0.3) is 5.97 Å². The third-order valence-corrected chi connectivity index (χ3v) is 2.60. The summed E-state index contributed by atoms with van der Waals surface area (Å²) in [7, 11) is 0. The first-order chi connectivity index (χ1) is 6.56. The average molecular weight is 198 g/mol. The molecule has 3 unspecified atom stereocenters. The average Bonchev–Trinajstić information content (AvgIpc) is 2.58. The highest BCUT2D eigenvalue weighted by Crippen LogP contribution is 2.41. The normalized spacial score (nSPS) is 32.7. The monoisotopic (exact) mass is 198 g/mol. The van der Waals surface area contributed by atoms with Crippen LogP contribution in [0.4, 0.5) is 0 Å². The lowest BCUT2D eigenvalue weighted by molar-refractivity contribution is -0.134. The predicted octanol–water partition coefficient (Wildman–Crippen LogP) is 0.461. The third kappa shape index (κ3) is 2.20. The molecule has 2 rings (SSSR count). The van der Waals surface area contributed by atoms with Crippen molar-refractivity contribution in [2.75, 3.05) is 6.61 Å². The van der Waals surface area contributed by atoms with E-state index in [-0.39, 0.29) is 18.4 Å². The van der Waals surface area contributed by atoms with E-state index in [0.29, 0.717) is 18.1 Å². The Bertz CT molecular complexity index is 265. The second kappa shape index (κ2) is 4.37. The first-order valence-electron chi connectivity index (χ1n) is 4.57. The molecule has 0 aliphatic heterocycles. The summed E-state index contributed by atoms with van der Waals surface area (Å²) in [5, 5.41) is 16.3. The number of carboxylic acid groups (broad SMARTS) is 1. The predicted molar refractivity (Wildman–Crippen MR) is 49.6 cm³/mol. The van der Waals surface area contributed by atoms with E-state index in [9.17, 15) is 4.79 Å². The number of hydrogen-bond acceptors (Lipinski definition) is 3. The minimum Gasteiger partial charge on any atom is -0.481 e. The number of hydrogen-bond donors (Lipinski definition) is 2. The van der Waals surface area contributed by atoms with Crippen LogP contribution in [-0.2, 0) is 9.59 Å². The van der Waals surface area contributed by atoms with Crippen LogP contribution < -0.4 is 0 Å². The topological polar surface area (TPSA) is 74.6 Å². The SMILES string of the molecule is CC(=O)O.O=C1CC2C=CC1C2CO. The van der Waals surface area contributed by atoms with E-state index in [1.807, 2.05) is 6.08 Å². The zero-order valence-corrected chi connectivity index (χ0v) is 8.01. The molecule has 4 nitrogen and oxygen atoms in total. The maximum absolute atomic E-state index is 11.0. The van der Waals surface area contributed by atoms with Crippen LogP contribution in [0.15, 0.2) is 12.2 Å². The van der Waals surface area contributed by atoms with E-state index in [0.717, 1.165) is 6.92 Å². The lowest BCUT2D eigenvalue weighted by Crippen LogP contribution is -2.14. The van der Waals surface area contributed by atoms with Crippen LogP contribution in [0, 0.1) is 17.8 Å². The molecule has 2 N–H and O–H groups in total. The lowest BCUT2D eigenvalue weighted by Gasteiger charge is -2.08. The molecule has 0 aromatic carbocycles. The molecular formula is C10H14O4. The van der Waals surface area contributed by atoms with Crippen LogP contribution in [0.25, 0.3) is 0 Å². The van der Waals surface area contributed by atoms with Crippen LogP contribution in [0.3, 0.4) is 0 Å². The molecule has 78 valence electrons. The molecule has 0 aromatic heterocycles. The van der Waals surface area contributed by atoms with Gasteiger partial charge in [-0.1, -0.05) is 12.2 Å². The van der Waals surface area contributed by atoms with Crippen molar-refractivity contribution in [3.63, 3.8) is 0 Å². The molecule has 0 radical (unpaired) electrons. The Morgan fingerprint density at radius 1 is 1.57 bits per heavy atom. The van der Waals surface area contributed by atoms with Gasteiger partial charge in [0, 0.05) is 31.8 Å². The van der Waals surface area contributed by atoms with Crippen LogP contribution in [0.2, 0.25) is 0 Å². The minimum atomic E-state index is -0.833. The lowest BCUT2D eigenvalue weighted by atomic mass is 9.98. The number of carbonyl (C=O) groups is 2. The number of rotatable bonds is 1. The van der Waals surface area contributed by atoms with Crippen molar-refractivity contribution in [1.29, 1.82) is 0 Å². The van der Waals surface area contributed by atoms with E-state index < -0.39 is 5.97 Å². The fourth-order valence-electron chi connectivity index (χ4n) is 2.00. The van der Waals surface area contributed by atoms with Crippen molar-refractivity contribution in [1.82, 2.24) is 0 Å². The summed E-state index contributed by atoms with van der Waals surface area (Å²) < 4.78 is 0. The summed E-state index contributed by atoms with van der Waals surface area (Å²) >= 11 is 0. The van der Waals surface area contributed by atoms with Crippen LogP contribution in [-0.4, -0.2) is 28.6 Å². The minimum absolute atomic E-state index is 0.0509. The summed E-state index contributed by atoms with van der Waals surface area (Å²) in [5.74, 6) is 0.0940. The Hall–Kier alpha value is -1.16. The van der Waals surface area contributed by atoms with E-state index in [1.165, 1.54) is 0 Å². The second-order valence-corrected chi connectivity index (χ2v) is 3.61. The second-order valence-electron chi connectivity index (χ2n) is 3.61. The van der Waals surface area contributed by atoms with Gasteiger partial charge in [-0.25, -0.2) is 0 Å². The zero-order valence-electron chi connectivity index (χ0n) is 8.01. The smallest absolute Gasteiger partial charge is 0.300 e. The van der Waals surface area contributed by atoms with E-state index in [4.69, 9.17) is 15.0 Å². The van der Waals surface area contributed by atoms with Crippen LogP contribution in [0.5, 0.6) is 0 Å². The Kier molecular flexibility index (Phi) is 3.41. The Balaban J connectivity index is 0.000000213. The van der Waals surface area contributed by atoms with Gasteiger partial charge in [0.2, 0.25) is 0 Å². The fraction of sp³-hybridized carbons (Fsp3) is 0.600. The van der Waals surface area contributed by atoms with Gasteiger partial charge in [-0.3, -0.25) is 9.59 Å². The number of aliphatic hydroxyl groups excluding tert-OH is 1. The molecule has 0 spiro atoms. The van der Waals surface area contributed by atoms with Crippen molar-refractivity contribution in [2.45, 2.75) is 13.3 Å². The maximum Gasteiger partial charge on any atom is 0.300 e. The van der Waals surface area contributed by atoms with Gasteiger partial charge in [-0.2, -0.15) is 0 Å². The summed E-state index contributed by atoms with van der Waals surface area (Å²) in [6.07, 6.45) is 4.66. The van der Waals surface area contributed by atoms with Gasteiger partial charge in [-0.05, 0) is 5.92 Å². The summed E-state index contributed by atoms with van der Waals surface area (Å²) in [5.41, 5.74) is 0. The van der Waals surface area contributed by atoms with Crippen molar-refractivity contribution in [3.8, 4) is 0 Å². The molecule has 3 atom stereocenters. The van der Waals surface area contributed by atoms with Crippen LogP contribution >= 0.6 is 0 Å². The van der Waals surface area contributed by atoms with Crippen molar-refractivity contribution in [3.05, 3.63) is 12.2 Å². The highest BCUT2D eigenvalue weighted by molar-refractivity contribution is 5.87. The van der Waals surface area contributed by atoms with Gasteiger partial charge in [-0.15, -0.1) is 0 Å². The number of aliphatic carboxylic acids is 1. The summed E-state index contributed by atoms with van der Waals surface area (Å²) in [6, 6.07) is 0. The third-order valence-electron chi connectivity index (χ3n) is 2.60. The number of aliphatic hydroxyl groups is 1. The molecule has 2 bridgehead atoms. The molecule has 2 aliphatic carbocycles. The Labute approximate surface area is 82.2 Å². The molecule has 14 heavy (non-hydrogen) atoms. The maximum atomic E-state index is 11.0. The molecule has 0 amide bonds. The Morgan fingerprint density at radius 3 is 2.36 bits per heavy atom. The van der Waals surface area contributed by atoms with Gasteiger partial charge < -0.3 is 10.2 Å². The quantitative estimate of drug-likeness (QED) is 0.600. The number of ketones is 1. The van der Waals surface area contributed by atoms with Crippen molar-refractivity contribution in [2.24, 2.45) is 17.8 Å². The standard InChI is InChI=1S/C8H10O2.C2H4O2/c9-4-7-5-1-2-6(7)8(10)3-5;1-2(3)4/h1-2,5-7,9H,3-4H2;1H3,(H,3,4). The number of allylic oxidation sites excluding steroid dienone is 2. The van der Waals surface area contributed by atoms with Gasteiger partial charge >= 0.3 is 0 Å². The van der Waals surface area contributed by atoms with Gasteiger partial charge in [0.05, 0.1) is 0 Å². The Morgan fingerprint density at radius 2 is 2.14 bits per heavy atom. The zero-order chi connectivity index (χ0) is 10.7. The molecule has 0 aromatic rings. The molecular weight excluding hydrogens is 184 g/mol. The number of fused-ring (bicyclic) bond motifs is 2. The first kappa shape index (κ1) is 10.9. The molecule has 0 saturated heterocycles. The molecule has 1 saturated carbocycles. The summed E-state index contributed by atoms with van der Waals surface area (Å²) in [4.78, 5) is 20.0.